The van der Waals surface area contributed by atoms with Crippen LogP contribution in [-0.2, 0) is 6.54 Å². The maximum Gasteiger partial charge on any atom is 0.126 e. The Hall–Kier alpha value is -1.35. The van der Waals surface area contributed by atoms with E-state index in [0.29, 0.717) is 12.1 Å². The number of aromatic nitrogens is 2. The smallest absolute Gasteiger partial charge is 0.126 e. The van der Waals surface area contributed by atoms with E-state index in [2.05, 4.69) is 48.0 Å². The Kier molecular flexibility index (Phi) is 3.56. The molecule has 1 aromatic carbocycles. The highest BCUT2D eigenvalue weighted by atomic mass is 15.1. The van der Waals surface area contributed by atoms with E-state index < -0.39 is 0 Å². The van der Waals surface area contributed by atoms with Gasteiger partial charge in [-0.3, -0.25) is 0 Å². The van der Waals surface area contributed by atoms with Gasteiger partial charge >= 0.3 is 0 Å². The summed E-state index contributed by atoms with van der Waals surface area (Å²) in [6, 6.07) is 9.43. The van der Waals surface area contributed by atoms with Crippen LogP contribution >= 0.6 is 0 Å². The third-order valence-electron chi connectivity index (χ3n) is 4.23. The highest BCUT2D eigenvalue weighted by Gasteiger charge is 2.21. The van der Waals surface area contributed by atoms with Crippen LogP contribution in [0.3, 0.4) is 0 Å². The molecule has 1 fully saturated rings. The zero-order valence-electron chi connectivity index (χ0n) is 11.9. The van der Waals surface area contributed by atoms with Crippen LogP contribution in [0.4, 0.5) is 0 Å². The maximum atomic E-state index is 4.83. The van der Waals surface area contributed by atoms with Crippen molar-refractivity contribution in [2.75, 3.05) is 0 Å². The Morgan fingerprint density at radius 1 is 1.32 bits per heavy atom. The van der Waals surface area contributed by atoms with E-state index in [1.165, 1.54) is 37.0 Å². The molecule has 0 amide bonds. The number of imidazole rings is 1. The number of hydrogen-bond acceptors (Lipinski definition) is 2. The number of aryl methyl sites for hydroxylation is 1. The molecular formula is C16H23N3. The Morgan fingerprint density at radius 2 is 2.05 bits per heavy atom. The summed E-state index contributed by atoms with van der Waals surface area (Å²) < 4.78 is 2.34. The molecule has 0 aliphatic heterocycles. The molecule has 1 heterocycles. The van der Waals surface area contributed by atoms with E-state index in [0.717, 1.165) is 12.1 Å². The Labute approximate surface area is 115 Å². The van der Waals surface area contributed by atoms with E-state index in [1.54, 1.807) is 0 Å². The predicted molar refractivity (Wildman–Crippen MR) is 79.2 cm³/mol. The third kappa shape index (κ3) is 2.39. The van der Waals surface area contributed by atoms with Gasteiger partial charge in [0.05, 0.1) is 17.1 Å². The van der Waals surface area contributed by atoms with Gasteiger partial charge in [0, 0.05) is 12.6 Å². The number of hydrogen-bond donors (Lipinski definition) is 1. The first kappa shape index (κ1) is 12.7. The van der Waals surface area contributed by atoms with E-state index in [-0.39, 0.29) is 0 Å². The van der Waals surface area contributed by atoms with Crippen molar-refractivity contribution in [2.45, 2.75) is 58.2 Å². The Morgan fingerprint density at radius 3 is 2.79 bits per heavy atom. The standard InChI is InChI=1S/C16H23N3/c1-3-19-15-11-7-6-10-14(15)18-16(19)12(2)17-13-8-4-5-9-13/h6-7,10-13,17H,3-5,8-9H2,1-2H3. The second-order valence-electron chi connectivity index (χ2n) is 5.57. The fourth-order valence-electron chi connectivity index (χ4n) is 3.28. The van der Waals surface area contributed by atoms with Crippen LogP contribution in [0.2, 0.25) is 0 Å². The average Bonchev–Trinajstić information content (AvgIpc) is 3.04. The molecule has 3 nitrogen and oxygen atoms in total. The average molecular weight is 257 g/mol. The first-order valence-corrected chi connectivity index (χ1v) is 7.50. The molecule has 1 saturated carbocycles. The molecular weight excluding hydrogens is 234 g/mol. The summed E-state index contributed by atoms with van der Waals surface area (Å²) >= 11 is 0. The fraction of sp³-hybridized carbons (Fsp3) is 0.562. The molecule has 2 aromatic rings. The van der Waals surface area contributed by atoms with Crippen LogP contribution in [0.25, 0.3) is 11.0 Å². The molecule has 1 atom stereocenters. The lowest BCUT2D eigenvalue weighted by Gasteiger charge is -2.19. The summed E-state index contributed by atoms with van der Waals surface area (Å²) in [5, 5.41) is 3.75. The summed E-state index contributed by atoms with van der Waals surface area (Å²) in [5.41, 5.74) is 2.36. The summed E-state index contributed by atoms with van der Waals surface area (Å²) in [6.45, 7) is 5.41. The van der Waals surface area contributed by atoms with Gasteiger partial charge in [-0.05, 0) is 38.8 Å². The van der Waals surface area contributed by atoms with Crippen molar-refractivity contribution in [3.8, 4) is 0 Å². The first-order chi connectivity index (χ1) is 9.29. The summed E-state index contributed by atoms with van der Waals surface area (Å²) in [4.78, 5) is 4.83. The van der Waals surface area contributed by atoms with Gasteiger partial charge in [-0.2, -0.15) is 0 Å². The van der Waals surface area contributed by atoms with E-state index in [4.69, 9.17) is 4.98 Å². The van der Waals surface area contributed by atoms with Crippen LogP contribution in [0.15, 0.2) is 24.3 Å². The molecule has 0 bridgehead atoms. The zero-order valence-corrected chi connectivity index (χ0v) is 11.9. The molecule has 1 aliphatic rings. The minimum atomic E-state index is 0.329. The lowest BCUT2D eigenvalue weighted by Crippen LogP contribution is -2.30. The molecule has 3 heteroatoms. The molecule has 102 valence electrons. The molecule has 0 saturated heterocycles. The normalized spacial score (nSPS) is 18.2. The fourth-order valence-corrected chi connectivity index (χ4v) is 3.28. The second kappa shape index (κ2) is 5.33. The number of rotatable bonds is 4. The van der Waals surface area contributed by atoms with Crippen molar-refractivity contribution in [2.24, 2.45) is 0 Å². The van der Waals surface area contributed by atoms with Crippen LogP contribution in [0.1, 0.15) is 51.4 Å². The number of nitrogens with one attached hydrogen (secondary N) is 1. The third-order valence-corrected chi connectivity index (χ3v) is 4.23. The van der Waals surface area contributed by atoms with Crippen molar-refractivity contribution >= 4 is 11.0 Å². The predicted octanol–water partition coefficient (Wildman–Crippen LogP) is 3.65. The number of fused-ring (bicyclic) bond motifs is 1. The minimum absolute atomic E-state index is 0.329. The van der Waals surface area contributed by atoms with E-state index >= 15 is 0 Å². The lowest BCUT2D eigenvalue weighted by molar-refractivity contribution is 0.437. The topological polar surface area (TPSA) is 29.9 Å². The van der Waals surface area contributed by atoms with Gasteiger partial charge in [0.1, 0.15) is 5.82 Å². The van der Waals surface area contributed by atoms with Gasteiger partial charge in [-0.1, -0.05) is 25.0 Å². The van der Waals surface area contributed by atoms with Gasteiger partial charge in [-0.25, -0.2) is 4.98 Å². The summed E-state index contributed by atoms with van der Waals surface area (Å²) in [5.74, 6) is 1.18. The first-order valence-electron chi connectivity index (χ1n) is 7.50. The SMILES string of the molecule is CCn1c(C(C)NC2CCCC2)nc2ccccc21. The number of para-hydroxylation sites is 2. The number of benzene rings is 1. The van der Waals surface area contributed by atoms with Crippen molar-refractivity contribution in [3.05, 3.63) is 30.1 Å². The van der Waals surface area contributed by atoms with Crippen molar-refractivity contribution in [1.29, 1.82) is 0 Å². The van der Waals surface area contributed by atoms with Crippen LogP contribution < -0.4 is 5.32 Å². The number of nitrogens with zero attached hydrogens (tertiary/aromatic N) is 2. The Balaban J connectivity index is 1.90. The maximum absolute atomic E-state index is 4.83. The molecule has 1 N–H and O–H groups in total. The molecule has 1 unspecified atom stereocenters. The monoisotopic (exact) mass is 257 g/mol. The van der Waals surface area contributed by atoms with Gasteiger partial charge in [0.2, 0.25) is 0 Å². The summed E-state index contributed by atoms with van der Waals surface area (Å²) in [7, 11) is 0. The quantitative estimate of drug-likeness (QED) is 0.906. The van der Waals surface area contributed by atoms with Crippen LogP contribution in [0.5, 0.6) is 0 Å². The van der Waals surface area contributed by atoms with E-state index in [9.17, 15) is 0 Å². The molecule has 0 spiro atoms. The molecule has 19 heavy (non-hydrogen) atoms. The molecule has 1 aromatic heterocycles. The highest BCUT2D eigenvalue weighted by molar-refractivity contribution is 5.76. The zero-order chi connectivity index (χ0) is 13.2. The molecule has 1 aliphatic carbocycles. The van der Waals surface area contributed by atoms with Gasteiger partial charge in [0.25, 0.3) is 0 Å². The molecule has 3 rings (SSSR count). The largest absolute Gasteiger partial charge is 0.327 e. The highest BCUT2D eigenvalue weighted by Crippen LogP contribution is 2.24. The van der Waals surface area contributed by atoms with Crippen LogP contribution in [-0.4, -0.2) is 15.6 Å². The van der Waals surface area contributed by atoms with Crippen molar-refractivity contribution in [1.82, 2.24) is 14.9 Å². The molecule has 0 radical (unpaired) electrons. The lowest BCUT2D eigenvalue weighted by atomic mass is 10.2. The van der Waals surface area contributed by atoms with Gasteiger partial charge in [-0.15, -0.1) is 0 Å². The van der Waals surface area contributed by atoms with E-state index in [1.807, 2.05) is 0 Å². The second-order valence-corrected chi connectivity index (χ2v) is 5.57. The minimum Gasteiger partial charge on any atom is -0.327 e. The van der Waals surface area contributed by atoms with Crippen molar-refractivity contribution in [3.63, 3.8) is 0 Å². The van der Waals surface area contributed by atoms with Gasteiger partial charge in [0.15, 0.2) is 0 Å². The van der Waals surface area contributed by atoms with Crippen molar-refractivity contribution < 1.29 is 0 Å². The van der Waals surface area contributed by atoms with Crippen LogP contribution in [0, 0.1) is 0 Å². The Bertz CT molecular complexity index is 552. The van der Waals surface area contributed by atoms with Gasteiger partial charge < -0.3 is 9.88 Å². The summed E-state index contributed by atoms with van der Waals surface area (Å²) in [6.07, 6.45) is 5.37.